The Labute approximate surface area is 154 Å². The monoisotopic (exact) mass is 362 g/mol. The SMILES string of the molecule is Cc1nc2c(cnn2C(C)C)cc1C(=O)Nn1cnc2ccccc2c1=O. The van der Waals surface area contributed by atoms with Crippen LogP contribution in [0.25, 0.3) is 21.9 Å². The number of hydrogen-bond donors (Lipinski definition) is 1. The van der Waals surface area contributed by atoms with Crippen LogP contribution in [-0.2, 0) is 0 Å². The van der Waals surface area contributed by atoms with Crippen LogP contribution in [0.4, 0.5) is 0 Å². The molecule has 4 rings (SSSR count). The summed E-state index contributed by atoms with van der Waals surface area (Å²) >= 11 is 0. The molecule has 1 amide bonds. The van der Waals surface area contributed by atoms with Crippen LogP contribution in [0.3, 0.4) is 0 Å². The van der Waals surface area contributed by atoms with Crippen molar-refractivity contribution in [3.8, 4) is 0 Å². The molecule has 8 nitrogen and oxygen atoms in total. The fourth-order valence-electron chi connectivity index (χ4n) is 2.99. The summed E-state index contributed by atoms with van der Waals surface area (Å²) in [6.45, 7) is 5.79. The maximum atomic E-state index is 12.7. The van der Waals surface area contributed by atoms with Gasteiger partial charge in [-0.1, -0.05) is 12.1 Å². The first-order valence-electron chi connectivity index (χ1n) is 8.58. The second-order valence-electron chi connectivity index (χ2n) is 6.59. The fraction of sp³-hybridized carbons (Fsp3) is 0.211. The lowest BCUT2D eigenvalue weighted by atomic mass is 10.1. The van der Waals surface area contributed by atoms with Crippen LogP contribution in [0.1, 0.15) is 35.9 Å². The van der Waals surface area contributed by atoms with E-state index in [9.17, 15) is 9.59 Å². The first-order valence-corrected chi connectivity index (χ1v) is 8.58. The average molecular weight is 362 g/mol. The summed E-state index contributed by atoms with van der Waals surface area (Å²) in [6, 6.07) is 8.88. The fourth-order valence-corrected chi connectivity index (χ4v) is 2.99. The third-order valence-corrected chi connectivity index (χ3v) is 4.38. The van der Waals surface area contributed by atoms with Crippen LogP contribution >= 0.6 is 0 Å². The quantitative estimate of drug-likeness (QED) is 0.604. The number of fused-ring (bicyclic) bond motifs is 2. The highest BCUT2D eigenvalue weighted by Crippen LogP contribution is 2.19. The molecule has 8 heteroatoms. The Kier molecular flexibility index (Phi) is 3.95. The number of benzene rings is 1. The van der Waals surface area contributed by atoms with Gasteiger partial charge in [-0.25, -0.2) is 19.3 Å². The van der Waals surface area contributed by atoms with E-state index in [4.69, 9.17) is 0 Å². The summed E-state index contributed by atoms with van der Waals surface area (Å²) in [5, 5.41) is 5.53. The van der Waals surface area contributed by atoms with E-state index in [1.54, 1.807) is 43.5 Å². The molecule has 0 aliphatic carbocycles. The van der Waals surface area contributed by atoms with E-state index in [-0.39, 0.29) is 11.6 Å². The molecule has 0 unspecified atom stereocenters. The molecule has 4 aromatic rings. The first-order chi connectivity index (χ1) is 13.0. The van der Waals surface area contributed by atoms with Crippen molar-refractivity contribution in [2.24, 2.45) is 0 Å². The molecular formula is C19H18N6O2. The van der Waals surface area contributed by atoms with E-state index in [1.807, 2.05) is 18.5 Å². The third-order valence-electron chi connectivity index (χ3n) is 4.38. The van der Waals surface area contributed by atoms with Gasteiger partial charge in [0.1, 0.15) is 6.33 Å². The van der Waals surface area contributed by atoms with Gasteiger partial charge in [0.25, 0.3) is 11.5 Å². The minimum absolute atomic E-state index is 0.163. The standard InChI is InChI=1S/C19H18N6O2/c1-11(2)25-17-13(9-21-25)8-15(12(3)22-17)18(26)23-24-10-20-16-7-5-4-6-14(16)19(24)27/h4-11H,1-3H3,(H,23,26). The van der Waals surface area contributed by atoms with Gasteiger partial charge < -0.3 is 0 Å². The topological polar surface area (TPSA) is 94.7 Å². The number of para-hydroxylation sites is 1. The normalized spacial score (nSPS) is 11.4. The summed E-state index contributed by atoms with van der Waals surface area (Å²) < 4.78 is 2.90. The second-order valence-corrected chi connectivity index (χ2v) is 6.59. The highest BCUT2D eigenvalue weighted by molar-refractivity contribution is 6.03. The zero-order valence-corrected chi connectivity index (χ0v) is 15.2. The largest absolute Gasteiger partial charge is 0.280 e. The van der Waals surface area contributed by atoms with Crippen molar-refractivity contribution >= 4 is 27.8 Å². The Morgan fingerprint density at radius 1 is 1.22 bits per heavy atom. The van der Waals surface area contributed by atoms with E-state index in [0.717, 1.165) is 15.7 Å². The van der Waals surface area contributed by atoms with Crippen molar-refractivity contribution in [3.05, 3.63) is 64.5 Å². The number of carbonyl (C=O) groups is 1. The van der Waals surface area contributed by atoms with E-state index in [0.29, 0.717) is 22.2 Å². The van der Waals surface area contributed by atoms with Gasteiger partial charge in [0.2, 0.25) is 0 Å². The van der Waals surface area contributed by atoms with Crippen molar-refractivity contribution in [3.63, 3.8) is 0 Å². The number of carbonyl (C=O) groups excluding carboxylic acids is 1. The lowest BCUT2D eigenvalue weighted by molar-refractivity contribution is 0.101. The van der Waals surface area contributed by atoms with Crippen molar-refractivity contribution in [2.75, 3.05) is 5.43 Å². The summed E-state index contributed by atoms with van der Waals surface area (Å²) in [5.74, 6) is -0.432. The Balaban J connectivity index is 1.72. The van der Waals surface area contributed by atoms with Crippen molar-refractivity contribution in [1.82, 2.24) is 24.4 Å². The highest BCUT2D eigenvalue weighted by atomic mass is 16.2. The second kappa shape index (κ2) is 6.31. The highest BCUT2D eigenvalue weighted by Gasteiger charge is 2.16. The molecule has 1 N–H and O–H groups in total. The van der Waals surface area contributed by atoms with Gasteiger partial charge >= 0.3 is 0 Å². The molecule has 136 valence electrons. The number of hydrogen-bond acceptors (Lipinski definition) is 5. The minimum atomic E-state index is -0.432. The molecule has 0 spiro atoms. The van der Waals surface area contributed by atoms with Gasteiger partial charge in [-0.05, 0) is 39.0 Å². The number of nitrogens with zero attached hydrogens (tertiary/aromatic N) is 5. The molecule has 1 aromatic carbocycles. The number of aromatic nitrogens is 5. The third kappa shape index (κ3) is 2.84. The minimum Gasteiger partial charge on any atom is -0.267 e. The lowest BCUT2D eigenvalue weighted by Crippen LogP contribution is -2.33. The molecule has 3 aromatic heterocycles. The van der Waals surface area contributed by atoms with Gasteiger partial charge in [0, 0.05) is 11.4 Å². The number of aryl methyl sites for hydroxylation is 1. The maximum Gasteiger partial charge on any atom is 0.280 e. The van der Waals surface area contributed by atoms with Gasteiger partial charge in [-0.3, -0.25) is 15.0 Å². The van der Waals surface area contributed by atoms with E-state index < -0.39 is 5.91 Å². The lowest BCUT2D eigenvalue weighted by Gasteiger charge is -2.11. The number of rotatable bonds is 3. The Bertz CT molecular complexity index is 1240. The Morgan fingerprint density at radius 2 is 2.00 bits per heavy atom. The summed E-state index contributed by atoms with van der Waals surface area (Å²) in [7, 11) is 0. The molecule has 0 bridgehead atoms. The molecule has 0 aliphatic rings. The molecular weight excluding hydrogens is 344 g/mol. The summed E-state index contributed by atoms with van der Waals surface area (Å²) in [6.07, 6.45) is 2.99. The van der Waals surface area contributed by atoms with Crippen LogP contribution in [0.15, 0.2) is 47.7 Å². The van der Waals surface area contributed by atoms with E-state index in [1.165, 1.54) is 6.33 Å². The summed E-state index contributed by atoms with van der Waals surface area (Å²) in [5.41, 5.74) is 4.49. The van der Waals surface area contributed by atoms with Crippen molar-refractivity contribution in [1.29, 1.82) is 0 Å². The van der Waals surface area contributed by atoms with Crippen LogP contribution in [0.5, 0.6) is 0 Å². The predicted octanol–water partition coefficient (Wildman–Crippen LogP) is 2.41. The van der Waals surface area contributed by atoms with Crippen LogP contribution in [-0.4, -0.2) is 30.3 Å². The smallest absolute Gasteiger partial charge is 0.267 e. The Hall–Kier alpha value is -3.55. The molecule has 3 heterocycles. The summed E-state index contributed by atoms with van der Waals surface area (Å²) in [4.78, 5) is 34.0. The number of pyridine rings is 1. The Morgan fingerprint density at radius 3 is 2.78 bits per heavy atom. The van der Waals surface area contributed by atoms with Crippen molar-refractivity contribution in [2.45, 2.75) is 26.8 Å². The van der Waals surface area contributed by atoms with Gasteiger partial charge in [-0.2, -0.15) is 5.10 Å². The van der Waals surface area contributed by atoms with E-state index in [2.05, 4.69) is 20.5 Å². The molecule has 27 heavy (non-hydrogen) atoms. The van der Waals surface area contributed by atoms with Gasteiger partial charge in [0.15, 0.2) is 5.65 Å². The molecule has 0 atom stereocenters. The van der Waals surface area contributed by atoms with Gasteiger partial charge in [-0.15, -0.1) is 0 Å². The van der Waals surface area contributed by atoms with Crippen LogP contribution < -0.4 is 11.0 Å². The maximum absolute atomic E-state index is 12.7. The molecule has 0 aliphatic heterocycles. The molecule has 0 radical (unpaired) electrons. The molecule has 0 saturated heterocycles. The zero-order valence-electron chi connectivity index (χ0n) is 15.2. The van der Waals surface area contributed by atoms with Crippen LogP contribution in [0.2, 0.25) is 0 Å². The van der Waals surface area contributed by atoms with E-state index >= 15 is 0 Å². The first kappa shape index (κ1) is 16.9. The molecule has 0 saturated carbocycles. The zero-order chi connectivity index (χ0) is 19.1. The van der Waals surface area contributed by atoms with Crippen LogP contribution in [0, 0.1) is 6.92 Å². The van der Waals surface area contributed by atoms with Gasteiger partial charge in [0.05, 0.1) is 28.4 Å². The predicted molar refractivity (Wildman–Crippen MR) is 102 cm³/mol. The van der Waals surface area contributed by atoms with Crippen molar-refractivity contribution < 1.29 is 4.79 Å². The average Bonchev–Trinajstić information content (AvgIpc) is 3.06. The number of amides is 1. The molecule has 0 fully saturated rings. The number of nitrogens with one attached hydrogen (secondary N) is 1.